The van der Waals surface area contributed by atoms with Gasteiger partial charge in [0.25, 0.3) is 0 Å². The molecule has 90 valence electrons. The first-order valence-corrected chi connectivity index (χ1v) is 6.12. The second-order valence-electron chi connectivity index (χ2n) is 3.95. The second-order valence-corrected chi connectivity index (χ2v) is 4.89. The van der Waals surface area contributed by atoms with Crippen LogP contribution in [0.4, 0.5) is 0 Å². The van der Waals surface area contributed by atoms with Crippen LogP contribution in [0.2, 0.25) is 0 Å². The van der Waals surface area contributed by atoms with Crippen LogP contribution in [-0.4, -0.2) is 20.5 Å². The molecule has 0 aromatic carbocycles. The first-order valence-electron chi connectivity index (χ1n) is 5.24. The Bertz CT molecular complexity index is 531. The van der Waals surface area contributed by atoms with Crippen LogP contribution in [0.5, 0.6) is 0 Å². The minimum atomic E-state index is -0.618. The lowest BCUT2D eigenvalue weighted by molar-refractivity contribution is -0.119. The largest absolute Gasteiger partial charge is 0.318 e. The molecule has 0 saturated heterocycles. The van der Waals surface area contributed by atoms with E-state index in [1.165, 1.54) is 11.3 Å². The van der Waals surface area contributed by atoms with Gasteiger partial charge in [0.2, 0.25) is 0 Å². The number of nitrogens with zero attached hydrogens (tertiary/aromatic N) is 3. The summed E-state index contributed by atoms with van der Waals surface area (Å²) in [7, 11) is 1.80. The average Bonchev–Trinajstić information content (AvgIpc) is 2.87. The van der Waals surface area contributed by atoms with Crippen molar-refractivity contribution in [3.05, 3.63) is 34.0 Å². The van der Waals surface area contributed by atoms with Crippen molar-refractivity contribution in [1.82, 2.24) is 14.8 Å². The predicted octanol–water partition coefficient (Wildman–Crippen LogP) is 0.997. The van der Waals surface area contributed by atoms with Crippen LogP contribution < -0.4 is 5.73 Å². The van der Waals surface area contributed by atoms with E-state index in [4.69, 9.17) is 5.73 Å². The smallest absolute Gasteiger partial charge is 0.160 e. The van der Waals surface area contributed by atoms with Crippen molar-refractivity contribution in [2.45, 2.75) is 19.4 Å². The highest BCUT2D eigenvalue weighted by Crippen LogP contribution is 2.15. The van der Waals surface area contributed by atoms with Gasteiger partial charge in [0.05, 0.1) is 18.7 Å². The third-order valence-electron chi connectivity index (χ3n) is 2.42. The highest BCUT2D eigenvalue weighted by atomic mass is 32.1. The van der Waals surface area contributed by atoms with Crippen molar-refractivity contribution in [2.24, 2.45) is 12.8 Å². The number of aromatic nitrogens is 3. The van der Waals surface area contributed by atoms with Gasteiger partial charge in [-0.05, 0) is 6.92 Å². The Morgan fingerprint density at radius 2 is 2.41 bits per heavy atom. The van der Waals surface area contributed by atoms with Gasteiger partial charge in [-0.2, -0.15) is 5.10 Å². The van der Waals surface area contributed by atoms with E-state index >= 15 is 0 Å². The Kier molecular flexibility index (Phi) is 3.35. The Morgan fingerprint density at radius 1 is 1.65 bits per heavy atom. The molecule has 0 bridgehead atoms. The molecule has 0 fully saturated rings. The third-order valence-corrected chi connectivity index (χ3v) is 3.39. The number of carbonyl (C=O) groups excluding carboxylic acids is 1. The quantitative estimate of drug-likeness (QED) is 0.878. The highest BCUT2D eigenvalue weighted by Gasteiger charge is 2.18. The zero-order valence-corrected chi connectivity index (χ0v) is 10.6. The number of hydrogen-bond acceptors (Lipinski definition) is 5. The number of aryl methyl sites for hydroxylation is 2. The molecule has 1 unspecified atom stereocenters. The van der Waals surface area contributed by atoms with Crippen molar-refractivity contribution >= 4 is 17.1 Å². The Labute approximate surface area is 103 Å². The predicted molar refractivity (Wildman–Crippen MR) is 65.7 cm³/mol. The first kappa shape index (κ1) is 11.9. The molecule has 2 aromatic rings. The fraction of sp³-hybridized carbons (Fsp3) is 0.364. The molecule has 2 N–H and O–H groups in total. The van der Waals surface area contributed by atoms with Crippen LogP contribution in [0.25, 0.3) is 0 Å². The van der Waals surface area contributed by atoms with Crippen LogP contribution in [-0.2, 0) is 18.3 Å². The number of carbonyl (C=O) groups is 1. The van der Waals surface area contributed by atoms with Gasteiger partial charge in [0, 0.05) is 29.9 Å². The molecular formula is C11H14N4OS. The number of thiazole rings is 1. The van der Waals surface area contributed by atoms with Crippen molar-refractivity contribution in [3.8, 4) is 0 Å². The molecular weight excluding hydrogens is 236 g/mol. The van der Waals surface area contributed by atoms with Crippen LogP contribution >= 0.6 is 11.3 Å². The van der Waals surface area contributed by atoms with Gasteiger partial charge in [0.1, 0.15) is 5.01 Å². The molecule has 0 aliphatic rings. The van der Waals surface area contributed by atoms with Crippen LogP contribution in [0.3, 0.4) is 0 Å². The van der Waals surface area contributed by atoms with Crippen LogP contribution in [0.1, 0.15) is 22.3 Å². The molecule has 17 heavy (non-hydrogen) atoms. The van der Waals surface area contributed by atoms with Gasteiger partial charge in [-0.1, -0.05) is 0 Å². The maximum Gasteiger partial charge on any atom is 0.160 e. The van der Waals surface area contributed by atoms with Crippen molar-refractivity contribution in [1.29, 1.82) is 0 Å². The zero-order valence-electron chi connectivity index (χ0n) is 9.75. The summed E-state index contributed by atoms with van der Waals surface area (Å²) in [6.45, 7) is 1.91. The molecule has 1 atom stereocenters. The fourth-order valence-electron chi connectivity index (χ4n) is 1.53. The maximum absolute atomic E-state index is 11.9. The monoisotopic (exact) mass is 250 g/mol. The summed E-state index contributed by atoms with van der Waals surface area (Å²) in [6, 6.07) is -0.618. The summed E-state index contributed by atoms with van der Waals surface area (Å²) in [5, 5.41) is 6.74. The molecule has 2 heterocycles. The average molecular weight is 250 g/mol. The van der Waals surface area contributed by atoms with Gasteiger partial charge >= 0.3 is 0 Å². The molecule has 0 saturated carbocycles. The van der Waals surface area contributed by atoms with Crippen molar-refractivity contribution < 1.29 is 4.79 Å². The molecule has 2 rings (SSSR count). The topological polar surface area (TPSA) is 73.8 Å². The molecule has 0 radical (unpaired) electrons. The van der Waals surface area contributed by atoms with Crippen LogP contribution in [0, 0.1) is 6.92 Å². The van der Waals surface area contributed by atoms with E-state index in [1.807, 2.05) is 12.3 Å². The van der Waals surface area contributed by atoms with E-state index in [1.54, 1.807) is 24.1 Å². The number of nitrogens with two attached hydrogens (primary N) is 1. The summed E-state index contributed by atoms with van der Waals surface area (Å²) in [5.41, 5.74) is 7.56. The van der Waals surface area contributed by atoms with E-state index in [2.05, 4.69) is 10.1 Å². The van der Waals surface area contributed by atoms with E-state index in [0.29, 0.717) is 0 Å². The lowest BCUT2D eigenvalue weighted by Gasteiger charge is -2.06. The van der Waals surface area contributed by atoms with E-state index in [9.17, 15) is 4.79 Å². The van der Waals surface area contributed by atoms with Crippen LogP contribution in [0.15, 0.2) is 17.8 Å². The molecule has 0 aliphatic carbocycles. The molecule has 5 nitrogen and oxygen atoms in total. The molecule has 0 spiro atoms. The number of ketones is 1. The molecule has 6 heteroatoms. The number of rotatable bonds is 4. The summed E-state index contributed by atoms with van der Waals surface area (Å²) >= 11 is 1.49. The zero-order chi connectivity index (χ0) is 12.4. The summed E-state index contributed by atoms with van der Waals surface area (Å²) in [6.07, 6.45) is 3.67. The minimum absolute atomic E-state index is 0.0349. The molecule has 0 aliphatic heterocycles. The summed E-state index contributed by atoms with van der Waals surface area (Å²) < 4.78 is 1.63. The minimum Gasteiger partial charge on any atom is -0.318 e. The van der Waals surface area contributed by atoms with Gasteiger partial charge < -0.3 is 5.73 Å². The number of Topliss-reactive ketones (excluding diaryl/α,β-unsaturated/α-hetero) is 1. The van der Waals surface area contributed by atoms with Gasteiger partial charge in [-0.3, -0.25) is 9.48 Å². The van der Waals surface area contributed by atoms with Gasteiger partial charge in [-0.15, -0.1) is 11.3 Å². The van der Waals surface area contributed by atoms with E-state index < -0.39 is 6.04 Å². The number of hydrogen-bond donors (Lipinski definition) is 1. The normalized spacial score (nSPS) is 12.6. The molecule has 0 amide bonds. The second kappa shape index (κ2) is 4.77. The Hall–Kier alpha value is -1.53. The Morgan fingerprint density at radius 3 is 2.94 bits per heavy atom. The Balaban J connectivity index is 2.05. The lowest BCUT2D eigenvalue weighted by Crippen LogP contribution is -2.22. The third kappa shape index (κ3) is 2.78. The summed E-state index contributed by atoms with van der Waals surface area (Å²) in [5.74, 6) is -0.0349. The maximum atomic E-state index is 11.9. The van der Waals surface area contributed by atoms with Gasteiger partial charge in [0.15, 0.2) is 5.78 Å². The van der Waals surface area contributed by atoms with Crippen molar-refractivity contribution in [3.63, 3.8) is 0 Å². The van der Waals surface area contributed by atoms with E-state index in [-0.39, 0.29) is 12.2 Å². The molecule has 2 aromatic heterocycles. The van der Waals surface area contributed by atoms with Crippen molar-refractivity contribution in [2.75, 3.05) is 0 Å². The van der Waals surface area contributed by atoms with E-state index in [0.717, 1.165) is 16.3 Å². The highest BCUT2D eigenvalue weighted by molar-refractivity contribution is 7.09. The lowest BCUT2D eigenvalue weighted by atomic mass is 10.1. The fourth-order valence-corrected chi connectivity index (χ4v) is 2.31. The standard InChI is InChI=1S/C11H14N4OS/c1-7-6-17-10(14-7)3-9(16)11(12)8-4-13-15(2)5-8/h4-6,11H,3,12H2,1-2H3. The first-order chi connectivity index (χ1) is 8.06. The SMILES string of the molecule is Cc1csc(CC(=O)C(N)c2cnn(C)c2)n1. The van der Waals surface area contributed by atoms with Gasteiger partial charge in [-0.25, -0.2) is 4.98 Å². The summed E-state index contributed by atoms with van der Waals surface area (Å²) in [4.78, 5) is 16.2.